The summed E-state index contributed by atoms with van der Waals surface area (Å²) >= 11 is 5.93. The maximum Gasteiger partial charge on any atom is 0.305 e. The number of hydrogen-bond donors (Lipinski definition) is 2. The van der Waals surface area contributed by atoms with Gasteiger partial charge in [0.1, 0.15) is 0 Å². The molecule has 0 heterocycles. The van der Waals surface area contributed by atoms with Gasteiger partial charge in [0.2, 0.25) is 0 Å². The minimum atomic E-state index is -0.302. The first-order chi connectivity index (χ1) is 8.97. The number of aromatic hydroxyl groups is 1. The molecule has 0 aliphatic heterocycles. The Morgan fingerprint density at radius 2 is 2.16 bits per heavy atom. The number of phenols is 1. The van der Waals surface area contributed by atoms with Crippen LogP contribution in [0.5, 0.6) is 11.5 Å². The molecule has 0 radical (unpaired) electrons. The van der Waals surface area contributed by atoms with Crippen molar-refractivity contribution in [3.05, 3.63) is 22.7 Å². The van der Waals surface area contributed by atoms with Crippen molar-refractivity contribution >= 4 is 17.6 Å². The summed E-state index contributed by atoms with van der Waals surface area (Å²) in [5.74, 6) is 0.0337. The van der Waals surface area contributed by atoms with Crippen molar-refractivity contribution in [1.29, 1.82) is 0 Å². The van der Waals surface area contributed by atoms with Crippen molar-refractivity contribution < 1.29 is 19.4 Å². The number of rotatable bonds is 6. The number of esters is 1. The molecule has 0 spiro atoms. The Hall–Kier alpha value is -1.46. The smallest absolute Gasteiger partial charge is 0.305 e. The molecule has 0 amide bonds. The zero-order valence-corrected chi connectivity index (χ0v) is 11.7. The number of hydrogen-bond acceptors (Lipinski definition) is 5. The minimum absolute atomic E-state index is 0.0282. The van der Waals surface area contributed by atoms with Crippen LogP contribution in [-0.4, -0.2) is 31.3 Å². The molecule has 0 fully saturated rings. The number of halogens is 1. The first-order valence-electron chi connectivity index (χ1n) is 5.85. The van der Waals surface area contributed by atoms with E-state index in [1.165, 1.54) is 20.3 Å². The molecule has 0 aromatic heterocycles. The molecule has 1 aromatic rings. The molecule has 1 atom stereocenters. The van der Waals surface area contributed by atoms with Crippen LogP contribution >= 0.6 is 11.6 Å². The predicted molar refractivity (Wildman–Crippen MR) is 72.6 cm³/mol. The van der Waals surface area contributed by atoms with E-state index in [9.17, 15) is 9.90 Å². The van der Waals surface area contributed by atoms with Gasteiger partial charge < -0.3 is 20.3 Å². The van der Waals surface area contributed by atoms with Gasteiger partial charge in [0, 0.05) is 29.1 Å². The van der Waals surface area contributed by atoms with Crippen LogP contribution in [0.4, 0.5) is 0 Å². The van der Waals surface area contributed by atoms with Crippen LogP contribution in [0, 0.1) is 0 Å². The van der Waals surface area contributed by atoms with Crippen LogP contribution in [0.1, 0.15) is 18.4 Å². The number of carbonyl (C=O) groups is 1. The highest BCUT2D eigenvalue weighted by atomic mass is 35.5. The van der Waals surface area contributed by atoms with Crippen LogP contribution in [0.2, 0.25) is 5.02 Å². The van der Waals surface area contributed by atoms with Crippen molar-refractivity contribution in [3.8, 4) is 11.5 Å². The molecule has 0 saturated carbocycles. The van der Waals surface area contributed by atoms with Gasteiger partial charge in [-0.3, -0.25) is 4.79 Å². The molecule has 3 N–H and O–H groups in total. The third-order valence-electron chi connectivity index (χ3n) is 2.77. The molecule has 0 bridgehead atoms. The molecule has 0 aliphatic rings. The Morgan fingerprint density at radius 3 is 2.74 bits per heavy atom. The molecule has 5 nitrogen and oxygen atoms in total. The molecule has 0 aliphatic carbocycles. The van der Waals surface area contributed by atoms with E-state index >= 15 is 0 Å². The van der Waals surface area contributed by atoms with E-state index in [1.54, 1.807) is 6.07 Å². The zero-order chi connectivity index (χ0) is 14.4. The number of phenolic OH excluding ortho intramolecular Hbond substituents is 1. The Labute approximate surface area is 117 Å². The Morgan fingerprint density at radius 1 is 1.47 bits per heavy atom. The summed E-state index contributed by atoms with van der Waals surface area (Å²) in [6.45, 7) is 0. The molecular formula is C13H18ClNO4. The maximum atomic E-state index is 11.0. The van der Waals surface area contributed by atoms with Crippen LogP contribution in [0.25, 0.3) is 0 Å². The van der Waals surface area contributed by atoms with Crippen molar-refractivity contribution in [1.82, 2.24) is 0 Å². The normalized spacial score (nSPS) is 12.0. The molecule has 1 aromatic carbocycles. The van der Waals surface area contributed by atoms with Gasteiger partial charge in [0.15, 0.2) is 11.5 Å². The number of methoxy groups -OCH3 is 2. The third-order valence-corrected chi connectivity index (χ3v) is 2.99. The topological polar surface area (TPSA) is 81.8 Å². The van der Waals surface area contributed by atoms with Gasteiger partial charge >= 0.3 is 5.97 Å². The van der Waals surface area contributed by atoms with E-state index in [4.69, 9.17) is 22.1 Å². The van der Waals surface area contributed by atoms with Crippen LogP contribution in [0.3, 0.4) is 0 Å². The number of ether oxygens (including phenoxy) is 2. The average Bonchev–Trinajstić information content (AvgIpc) is 2.39. The van der Waals surface area contributed by atoms with Crippen molar-refractivity contribution in [3.63, 3.8) is 0 Å². The van der Waals surface area contributed by atoms with Crippen molar-refractivity contribution in [2.24, 2.45) is 5.73 Å². The van der Waals surface area contributed by atoms with Crippen LogP contribution < -0.4 is 10.5 Å². The Bertz CT molecular complexity index is 451. The lowest BCUT2D eigenvalue weighted by Gasteiger charge is -2.14. The first kappa shape index (κ1) is 15.6. The van der Waals surface area contributed by atoms with Crippen molar-refractivity contribution in [2.45, 2.75) is 25.3 Å². The van der Waals surface area contributed by atoms with Crippen LogP contribution in [0.15, 0.2) is 12.1 Å². The fraction of sp³-hybridized carbons (Fsp3) is 0.462. The zero-order valence-electron chi connectivity index (χ0n) is 11.0. The van der Waals surface area contributed by atoms with E-state index in [0.29, 0.717) is 29.2 Å². The summed E-state index contributed by atoms with van der Waals surface area (Å²) in [5, 5.41) is 10.4. The Balaban J connectivity index is 2.71. The van der Waals surface area contributed by atoms with Gasteiger partial charge in [-0.25, -0.2) is 0 Å². The largest absolute Gasteiger partial charge is 0.504 e. The lowest BCUT2D eigenvalue weighted by Crippen LogP contribution is -2.24. The number of carbonyl (C=O) groups excluding carboxylic acids is 1. The molecule has 1 unspecified atom stereocenters. The fourth-order valence-corrected chi connectivity index (χ4v) is 1.96. The van der Waals surface area contributed by atoms with E-state index in [0.717, 1.165) is 0 Å². The third kappa shape index (κ3) is 4.61. The molecule has 19 heavy (non-hydrogen) atoms. The summed E-state index contributed by atoms with van der Waals surface area (Å²) < 4.78 is 9.56. The Kier molecular flexibility index (Phi) is 5.92. The van der Waals surface area contributed by atoms with Gasteiger partial charge in [-0.1, -0.05) is 11.6 Å². The molecule has 106 valence electrons. The highest BCUT2D eigenvalue weighted by molar-refractivity contribution is 6.30. The van der Waals surface area contributed by atoms with Crippen molar-refractivity contribution in [2.75, 3.05) is 14.2 Å². The summed E-state index contributed by atoms with van der Waals surface area (Å²) in [5.41, 5.74) is 6.52. The summed E-state index contributed by atoms with van der Waals surface area (Å²) in [6, 6.07) is 2.89. The molecule has 0 saturated heterocycles. The quantitative estimate of drug-likeness (QED) is 0.781. The van der Waals surface area contributed by atoms with Gasteiger partial charge in [-0.05, 0) is 18.9 Å². The maximum absolute atomic E-state index is 11.0. The first-order valence-corrected chi connectivity index (χ1v) is 6.23. The average molecular weight is 288 g/mol. The molecule has 1 rings (SSSR count). The van der Waals surface area contributed by atoms with Gasteiger partial charge in [0.25, 0.3) is 0 Å². The predicted octanol–water partition coefficient (Wildman–Crippen LogP) is 1.88. The van der Waals surface area contributed by atoms with E-state index in [-0.39, 0.29) is 24.2 Å². The lowest BCUT2D eigenvalue weighted by molar-refractivity contribution is -0.140. The van der Waals surface area contributed by atoms with Gasteiger partial charge in [-0.2, -0.15) is 0 Å². The fourth-order valence-electron chi connectivity index (χ4n) is 1.73. The second-order valence-corrected chi connectivity index (χ2v) is 4.63. The van der Waals surface area contributed by atoms with E-state index in [1.807, 2.05) is 0 Å². The van der Waals surface area contributed by atoms with E-state index in [2.05, 4.69) is 4.74 Å². The standard InChI is InChI=1S/C13H18ClNO4/c1-18-11-7-9(14)5-8(13(11)17)6-10(15)3-4-12(16)19-2/h5,7,10,17H,3-4,6,15H2,1-2H3. The second-order valence-electron chi connectivity index (χ2n) is 4.19. The molecular weight excluding hydrogens is 270 g/mol. The minimum Gasteiger partial charge on any atom is -0.504 e. The highest BCUT2D eigenvalue weighted by Crippen LogP contribution is 2.34. The second kappa shape index (κ2) is 7.21. The monoisotopic (exact) mass is 287 g/mol. The lowest BCUT2D eigenvalue weighted by atomic mass is 10.0. The summed E-state index contributed by atoms with van der Waals surface area (Å²) in [6.07, 6.45) is 1.12. The summed E-state index contributed by atoms with van der Waals surface area (Å²) in [7, 11) is 2.79. The summed E-state index contributed by atoms with van der Waals surface area (Å²) in [4.78, 5) is 11.0. The molecule has 6 heteroatoms. The van der Waals surface area contributed by atoms with Gasteiger partial charge in [-0.15, -0.1) is 0 Å². The number of nitrogens with two attached hydrogens (primary N) is 1. The highest BCUT2D eigenvalue weighted by Gasteiger charge is 2.14. The SMILES string of the molecule is COC(=O)CCC(N)Cc1cc(Cl)cc(OC)c1O. The van der Waals surface area contributed by atoms with Gasteiger partial charge in [0.05, 0.1) is 14.2 Å². The van der Waals surface area contributed by atoms with E-state index < -0.39 is 0 Å². The number of benzene rings is 1. The van der Waals surface area contributed by atoms with Crippen LogP contribution in [-0.2, 0) is 16.0 Å².